The van der Waals surface area contributed by atoms with Gasteiger partial charge in [0.2, 0.25) is 0 Å². The maximum atomic E-state index is 9.73. The first kappa shape index (κ1) is 10.9. The lowest BCUT2D eigenvalue weighted by atomic mass is 10.5. The normalized spacial score (nSPS) is 15.2. The lowest BCUT2D eigenvalue weighted by Crippen LogP contribution is -2.08. The summed E-state index contributed by atoms with van der Waals surface area (Å²) < 4.78 is 22.1. The Morgan fingerprint density at radius 3 is 2.30 bits per heavy atom. The smallest absolute Gasteiger partial charge is 0.192 e. The van der Waals surface area contributed by atoms with Crippen molar-refractivity contribution in [2.24, 2.45) is 0 Å². The van der Waals surface area contributed by atoms with Crippen molar-refractivity contribution in [2.45, 2.75) is 10.2 Å². The molecule has 0 fully saturated rings. The topological polar surface area (TPSA) is 49.4 Å². The number of halogens is 3. The first-order valence-corrected chi connectivity index (χ1v) is 4.34. The van der Waals surface area contributed by atoms with E-state index in [4.69, 9.17) is 34.8 Å². The largest absolute Gasteiger partial charge is 0.750 e. The maximum Gasteiger partial charge on any atom is 0.192 e. The molecule has 0 heterocycles. The lowest BCUT2D eigenvalue weighted by Gasteiger charge is -2.10. The van der Waals surface area contributed by atoms with E-state index in [9.17, 15) is 8.76 Å². The van der Waals surface area contributed by atoms with Crippen LogP contribution in [-0.4, -0.2) is 19.2 Å². The molecule has 0 aromatic carbocycles. The minimum Gasteiger partial charge on any atom is -0.750 e. The van der Waals surface area contributed by atoms with Crippen molar-refractivity contribution in [1.29, 1.82) is 0 Å². The number of rotatable bonds is 3. The number of hydrogen-bond donors (Lipinski definition) is 0. The van der Waals surface area contributed by atoms with E-state index in [1.807, 2.05) is 0 Å². The number of hydrogen-bond acceptors (Lipinski definition) is 3. The van der Waals surface area contributed by atoms with Gasteiger partial charge in [0.1, 0.15) is 0 Å². The Bertz CT molecular complexity index is 123. The fourth-order valence-corrected chi connectivity index (χ4v) is 0.676. The van der Waals surface area contributed by atoms with Gasteiger partial charge < -0.3 is 8.74 Å². The van der Waals surface area contributed by atoms with E-state index in [1.54, 1.807) is 0 Å². The summed E-state index contributed by atoms with van der Waals surface area (Å²) in [7, 11) is 0. The zero-order valence-corrected chi connectivity index (χ0v) is 7.77. The molecule has 7 heteroatoms. The highest BCUT2D eigenvalue weighted by molar-refractivity contribution is 7.74. The maximum absolute atomic E-state index is 9.73. The predicted molar refractivity (Wildman–Crippen MR) is 39.8 cm³/mol. The van der Waals surface area contributed by atoms with Crippen molar-refractivity contribution in [3.63, 3.8) is 0 Å². The van der Waals surface area contributed by atoms with Crippen LogP contribution in [0.1, 0.15) is 6.42 Å². The minimum atomic E-state index is -2.53. The van der Waals surface area contributed by atoms with E-state index in [1.165, 1.54) is 0 Å². The lowest BCUT2D eigenvalue weighted by molar-refractivity contribution is 0.297. The average Bonchev–Trinajstić information content (AvgIpc) is 1.59. The van der Waals surface area contributed by atoms with Crippen molar-refractivity contribution >= 4 is 46.2 Å². The molecule has 1 atom stereocenters. The third-order valence-electron chi connectivity index (χ3n) is 0.565. The molecule has 0 amide bonds. The fourth-order valence-electron chi connectivity index (χ4n) is 0.225. The first-order chi connectivity index (χ1) is 4.42. The van der Waals surface area contributed by atoms with E-state index in [0.29, 0.717) is 0 Å². The van der Waals surface area contributed by atoms with Gasteiger partial charge >= 0.3 is 0 Å². The minimum absolute atomic E-state index is 0.0473. The van der Waals surface area contributed by atoms with Crippen LogP contribution < -0.4 is 0 Å². The van der Waals surface area contributed by atoms with Crippen LogP contribution in [0.25, 0.3) is 0 Å². The molecular weight excluding hydrogens is 222 g/mol. The third kappa shape index (κ3) is 8.94. The Balaban J connectivity index is 3.29. The molecule has 0 bridgehead atoms. The van der Waals surface area contributed by atoms with Gasteiger partial charge in [0, 0.05) is 6.42 Å². The van der Waals surface area contributed by atoms with E-state index >= 15 is 0 Å². The molecule has 3 nitrogen and oxygen atoms in total. The molecule has 0 rings (SSSR count). The van der Waals surface area contributed by atoms with E-state index in [0.717, 1.165) is 0 Å². The molecule has 0 saturated carbocycles. The molecule has 0 aliphatic carbocycles. The van der Waals surface area contributed by atoms with Crippen LogP contribution in [-0.2, 0) is 15.5 Å². The molecular formula is C3H4Cl3O3S-. The Morgan fingerprint density at radius 1 is 1.50 bits per heavy atom. The summed E-state index contributed by atoms with van der Waals surface area (Å²) in [4.78, 5) is 0. The molecule has 0 aliphatic rings. The van der Waals surface area contributed by atoms with Crippen molar-refractivity contribution in [2.75, 3.05) is 6.61 Å². The van der Waals surface area contributed by atoms with E-state index in [-0.39, 0.29) is 13.0 Å². The van der Waals surface area contributed by atoms with Gasteiger partial charge in [-0.1, -0.05) is 34.8 Å². The van der Waals surface area contributed by atoms with Crippen LogP contribution in [0.5, 0.6) is 0 Å². The summed E-state index contributed by atoms with van der Waals surface area (Å²) in [5.74, 6) is 0. The van der Waals surface area contributed by atoms with Gasteiger partial charge in [-0.3, -0.25) is 0 Å². The highest BCUT2D eigenvalue weighted by Gasteiger charge is 2.18. The van der Waals surface area contributed by atoms with Crippen LogP contribution in [0, 0.1) is 0 Å². The molecule has 10 heavy (non-hydrogen) atoms. The van der Waals surface area contributed by atoms with Gasteiger partial charge in [-0.25, -0.2) is 4.21 Å². The van der Waals surface area contributed by atoms with E-state index in [2.05, 4.69) is 4.18 Å². The monoisotopic (exact) mass is 225 g/mol. The van der Waals surface area contributed by atoms with Crippen LogP contribution in [0.2, 0.25) is 0 Å². The Morgan fingerprint density at radius 2 is 2.00 bits per heavy atom. The highest BCUT2D eigenvalue weighted by atomic mass is 35.6. The second kappa shape index (κ2) is 4.74. The molecule has 1 unspecified atom stereocenters. The Hall–Kier alpha value is 0.940. The summed E-state index contributed by atoms with van der Waals surface area (Å²) >= 11 is 13.3. The van der Waals surface area contributed by atoms with Gasteiger partial charge in [0.15, 0.2) is 3.79 Å². The van der Waals surface area contributed by atoms with Crippen LogP contribution in [0.4, 0.5) is 0 Å². The van der Waals surface area contributed by atoms with Crippen molar-refractivity contribution < 1.29 is 12.9 Å². The SMILES string of the molecule is O=S([O-])OCCC(Cl)(Cl)Cl. The van der Waals surface area contributed by atoms with Gasteiger partial charge in [-0.15, -0.1) is 0 Å². The second-order valence-corrected chi connectivity index (χ2v) is 4.55. The summed E-state index contributed by atoms with van der Waals surface area (Å²) in [6.07, 6.45) is 0.0473. The average molecular weight is 226 g/mol. The summed E-state index contributed by atoms with van der Waals surface area (Å²) in [6, 6.07) is 0. The zero-order valence-electron chi connectivity index (χ0n) is 4.68. The summed E-state index contributed by atoms with van der Waals surface area (Å²) in [6.45, 7) is -0.118. The third-order valence-corrected chi connectivity index (χ3v) is 1.49. The van der Waals surface area contributed by atoms with Gasteiger partial charge in [-0.2, -0.15) is 0 Å². The second-order valence-electron chi connectivity index (χ2n) is 1.39. The molecule has 62 valence electrons. The highest BCUT2D eigenvalue weighted by Crippen LogP contribution is 2.29. The molecule has 0 saturated heterocycles. The Labute approximate surface area is 76.1 Å². The van der Waals surface area contributed by atoms with Gasteiger partial charge in [0.05, 0.1) is 18.0 Å². The Kier molecular flexibility index (Phi) is 5.19. The van der Waals surface area contributed by atoms with Gasteiger partial charge in [0.25, 0.3) is 0 Å². The summed E-state index contributed by atoms with van der Waals surface area (Å²) in [5.41, 5.74) is 0. The molecule has 0 aromatic heterocycles. The van der Waals surface area contributed by atoms with Crippen LogP contribution in [0.15, 0.2) is 0 Å². The molecule has 0 radical (unpaired) electrons. The number of alkyl halides is 3. The molecule has 0 spiro atoms. The first-order valence-electron chi connectivity index (χ1n) is 2.21. The molecule has 0 N–H and O–H groups in total. The molecule has 0 aliphatic heterocycles. The van der Waals surface area contributed by atoms with Crippen LogP contribution >= 0.6 is 34.8 Å². The van der Waals surface area contributed by atoms with Crippen molar-refractivity contribution in [3.05, 3.63) is 0 Å². The fraction of sp³-hybridized carbons (Fsp3) is 1.00. The van der Waals surface area contributed by atoms with Crippen molar-refractivity contribution in [3.8, 4) is 0 Å². The molecule has 0 aromatic rings. The van der Waals surface area contributed by atoms with Crippen molar-refractivity contribution in [1.82, 2.24) is 0 Å². The quantitative estimate of drug-likeness (QED) is 0.542. The zero-order chi connectivity index (χ0) is 8.20. The predicted octanol–water partition coefficient (Wildman–Crippen LogP) is 1.56. The van der Waals surface area contributed by atoms with Crippen LogP contribution in [0.3, 0.4) is 0 Å². The van der Waals surface area contributed by atoms with E-state index < -0.39 is 15.2 Å². The van der Waals surface area contributed by atoms with Gasteiger partial charge in [-0.05, 0) is 0 Å². The summed E-state index contributed by atoms with van der Waals surface area (Å²) in [5, 5.41) is 0. The standard InChI is InChI=1S/C3H5Cl3O3S/c4-3(5,6)1-2-9-10(7)8/h1-2H2,(H,7,8)/p-1.